The van der Waals surface area contributed by atoms with Crippen molar-refractivity contribution in [2.24, 2.45) is 0 Å². The van der Waals surface area contributed by atoms with E-state index in [1.54, 1.807) is 0 Å². The van der Waals surface area contributed by atoms with Crippen LogP contribution >= 0.6 is 0 Å². The number of anilines is 2. The van der Waals surface area contributed by atoms with Crippen molar-refractivity contribution in [3.8, 4) is 0 Å². The Kier molecular flexibility index (Phi) is 3.05. The van der Waals surface area contributed by atoms with Crippen LogP contribution < -0.4 is 11.1 Å². The number of nitrogens with one attached hydrogen (secondary N) is 1. The molecule has 1 aromatic carbocycles. The summed E-state index contributed by atoms with van der Waals surface area (Å²) in [6.07, 6.45) is 1.22. The largest absolute Gasteiger partial charge is 0.396 e. The lowest BCUT2D eigenvalue weighted by Gasteiger charge is -2.10. The molecule has 0 aromatic heterocycles. The number of amides is 1. The molecular weight excluding hydrogens is 211 g/mol. The molecule has 0 aliphatic carbocycles. The zero-order chi connectivity index (χ0) is 11.5. The zero-order valence-corrected chi connectivity index (χ0v) is 8.70. The van der Waals surface area contributed by atoms with Crippen LogP contribution in [-0.4, -0.2) is 18.6 Å². The number of hydrogen-bond donors (Lipinski definition) is 2. The SMILES string of the molecule is Nc1cc(NC(=O)[C@@H]2CCCO2)ccc1F. The van der Waals surface area contributed by atoms with Crippen LogP contribution in [0.25, 0.3) is 0 Å². The summed E-state index contributed by atoms with van der Waals surface area (Å²) in [6, 6.07) is 4.08. The maximum absolute atomic E-state index is 12.9. The average Bonchev–Trinajstić information content (AvgIpc) is 2.77. The van der Waals surface area contributed by atoms with Crippen molar-refractivity contribution >= 4 is 17.3 Å². The molecule has 5 heteroatoms. The molecule has 1 heterocycles. The fourth-order valence-corrected chi connectivity index (χ4v) is 1.63. The third kappa shape index (κ3) is 2.30. The van der Waals surface area contributed by atoms with Crippen molar-refractivity contribution in [3.63, 3.8) is 0 Å². The maximum atomic E-state index is 12.9. The Labute approximate surface area is 92.6 Å². The number of hydrogen-bond acceptors (Lipinski definition) is 3. The van der Waals surface area contributed by atoms with Gasteiger partial charge in [-0.1, -0.05) is 0 Å². The third-order valence-corrected chi connectivity index (χ3v) is 2.49. The molecular formula is C11H13FN2O2. The summed E-state index contributed by atoms with van der Waals surface area (Å²) in [4.78, 5) is 11.6. The van der Waals surface area contributed by atoms with E-state index < -0.39 is 11.9 Å². The first-order valence-electron chi connectivity index (χ1n) is 5.14. The lowest BCUT2D eigenvalue weighted by Crippen LogP contribution is -2.26. The lowest BCUT2D eigenvalue weighted by atomic mass is 10.2. The highest BCUT2D eigenvalue weighted by Gasteiger charge is 2.23. The van der Waals surface area contributed by atoms with E-state index in [1.165, 1.54) is 18.2 Å². The highest BCUT2D eigenvalue weighted by Crippen LogP contribution is 2.18. The van der Waals surface area contributed by atoms with Crippen LogP contribution in [-0.2, 0) is 9.53 Å². The molecule has 2 rings (SSSR count). The van der Waals surface area contributed by atoms with Gasteiger partial charge in [-0.05, 0) is 31.0 Å². The van der Waals surface area contributed by atoms with E-state index in [9.17, 15) is 9.18 Å². The number of nitrogens with two attached hydrogens (primary N) is 1. The summed E-state index contributed by atoms with van der Waals surface area (Å²) in [5.74, 6) is -0.696. The van der Waals surface area contributed by atoms with E-state index in [4.69, 9.17) is 10.5 Å². The minimum absolute atomic E-state index is 0.0186. The molecule has 0 radical (unpaired) electrons. The molecule has 1 atom stereocenters. The van der Waals surface area contributed by atoms with Gasteiger partial charge in [0.25, 0.3) is 5.91 Å². The molecule has 1 saturated heterocycles. The Morgan fingerprint density at radius 3 is 3.00 bits per heavy atom. The van der Waals surface area contributed by atoms with Crippen LogP contribution in [0.3, 0.4) is 0 Å². The first-order valence-corrected chi connectivity index (χ1v) is 5.14. The summed E-state index contributed by atoms with van der Waals surface area (Å²) in [5.41, 5.74) is 5.90. The van der Waals surface area contributed by atoms with Gasteiger partial charge in [0.2, 0.25) is 0 Å². The molecule has 1 aliphatic rings. The van der Waals surface area contributed by atoms with Crippen molar-refractivity contribution in [2.45, 2.75) is 18.9 Å². The van der Waals surface area contributed by atoms with Crippen LogP contribution in [0.1, 0.15) is 12.8 Å². The quantitative estimate of drug-likeness (QED) is 0.749. The van der Waals surface area contributed by atoms with Gasteiger partial charge in [0, 0.05) is 12.3 Å². The predicted molar refractivity (Wildman–Crippen MR) is 58.4 cm³/mol. The summed E-state index contributed by atoms with van der Waals surface area (Å²) in [6.45, 7) is 0.615. The highest BCUT2D eigenvalue weighted by molar-refractivity contribution is 5.94. The van der Waals surface area contributed by atoms with E-state index in [0.717, 1.165) is 12.8 Å². The molecule has 0 bridgehead atoms. The van der Waals surface area contributed by atoms with Crippen molar-refractivity contribution < 1.29 is 13.9 Å². The van der Waals surface area contributed by atoms with E-state index >= 15 is 0 Å². The normalized spacial score (nSPS) is 19.7. The molecule has 16 heavy (non-hydrogen) atoms. The molecule has 0 spiro atoms. The average molecular weight is 224 g/mol. The molecule has 3 N–H and O–H groups in total. The van der Waals surface area contributed by atoms with Gasteiger partial charge in [-0.25, -0.2) is 4.39 Å². The van der Waals surface area contributed by atoms with E-state index in [2.05, 4.69) is 5.32 Å². The first-order chi connectivity index (χ1) is 7.66. The Hall–Kier alpha value is -1.62. The molecule has 1 aliphatic heterocycles. The van der Waals surface area contributed by atoms with Crippen LogP contribution in [0.4, 0.5) is 15.8 Å². The predicted octanol–water partition coefficient (Wildman–Crippen LogP) is 1.53. The molecule has 1 aromatic rings. The summed E-state index contributed by atoms with van der Waals surface area (Å²) in [7, 11) is 0. The van der Waals surface area contributed by atoms with Gasteiger partial charge in [-0.2, -0.15) is 0 Å². The smallest absolute Gasteiger partial charge is 0.253 e. The van der Waals surface area contributed by atoms with E-state index in [1.807, 2.05) is 0 Å². The van der Waals surface area contributed by atoms with Gasteiger partial charge < -0.3 is 15.8 Å². The standard InChI is InChI=1S/C11H13FN2O2/c12-8-4-3-7(6-9(8)13)14-11(15)10-2-1-5-16-10/h3-4,6,10H,1-2,5,13H2,(H,14,15)/t10-/m0/s1. The second-order valence-electron chi connectivity index (χ2n) is 3.73. The first kappa shape index (κ1) is 10.9. The Morgan fingerprint density at radius 1 is 1.56 bits per heavy atom. The van der Waals surface area contributed by atoms with Gasteiger partial charge >= 0.3 is 0 Å². The topological polar surface area (TPSA) is 64.3 Å². The van der Waals surface area contributed by atoms with Gasteiger partial charge in [-0.15, -0.1) is 0 Å². The Morgan fingerprint density at radius 2 is 2.38 bits per heavy atom. The fraction of sp³-hybridized carbons (Fsp3) is 0.364. The maximum Gasteiger partial charge on any atom is 0.253 e. The highest BCUT2D eigenvalue weighted by atomic mass is 19.1. The second kappa shape index (κ2) is 4.49. The van der Waals surface area contributed by atoms with Gasteiger partial charge in [0.15, 0.2) is 0 Å². The number of carbonyl (C=O) groups is 1. The molecule has 1 amide bonds. The number of carbonyl (C=O) groups excluding carboxylic acids is 1. The number of ether oxygens (including phenoxy) is 1. The van der Waals surface area contributed by atoms with E-state index in [0.29, 0.717) is 12.3 Å². The fourth-order valence-electron chi connectivity index (χ4n) is 1.63. The van der Waals surface area contributed by atoms with Crippen LogP contribution in [0.15, 0.2) is 18.2 Å². The molecule has 0 unspecified atom stereocenters. The summed E-state index contributed by atoms with van der Waals surface area (Å²) in [5, 5.41) is 2.64. The molecule has 86 valence electrons. The third-order valence-electron chi connectivity index (χ3n) is 2.49. The van der Waals surface area contributed by atoms with Crippen molar-refractivity contribution in [1.29, 1.82) is 0 Å². The van der Waals surface area contributed by atoms with Crippen LogP contribution in [0, 0.1) is 5.82 Å². The molecule has 1 fully saturated rings. The van der Waals surface area contributed by atoms with Crippen LogP contribution in [0.5, 0.6) is 0 Å². The molecule has 4 nitrogen and oxygen atoms in total. The summed E-state index contributed by atoms with van der Waals surface area (Å²) < 4.78 is 18.1. The number of halogens is 1. The van der Waals surface area contributed by atoms with Crippen molar-refractivity contribution in [3.05, 3.63) is 24.0 Å². The number of nitrogen functional groups attached to an aromatic ring is 1. The minimum atomic E-state index is -0.491. The van der Waals surface area contributed by atoms with Gasteiger partial charge in [-0.3, -0.25) is 4.79 Å². The monoisotopic (exact) mass is 224 g/mol. The molecule has 0 saturated carbocycles. The Bertz CT molecular complexity index is 403. The lowest BCUT2D eigenvalue weighted by molar-refractivity contribution is -0.124. The van der Waals surface area contributed by atoms with Crippen molar-refractivity contribution in [1.82, 2.24) is 0 Å². The summed E-state index contributed by atoms with van der Waals surface area (Å²) >= 11 is 0. The zero-order valence-electron chi connectivity index (χ0n) is 8.70. The van der Waals surface area contributed by atoms with Gasteiger partial charge in [0.05, 0.1) is 5.69 Å². The second-order valence-corrected chi connectivity index (χ2v) is 3.73. The number of benzene rings is 1. The van der Waals surface area contributed by atoms with Gasteiger partial charge in [0.1, 0.15) is 11.9 Å². The number of rotatable bonds is 2. The van der Waals surface area contributed by atoms with E-state index in [-0.39, 0.29) is 11.6 Å². The van der Waals surface area contributed by atoms with Crippen molar-refractivity contribution in [2.75, 3.05) is 17.7 Å². The minimum Gasteiger partial charge on any atom is -0.396 e. The van der Waals surface area contributed by atoms with Crippen LogP contribution in [0.2, 0.25) is 0 Å². The Balaban J connectivity index is 2.02.